The van der Waals surface area contributed by atoms with E-state index in [1.807, 2.05) is 47.4 Å². The number of nitrogen functional groups attached to an aromatic ring is 1. The highest BCUT2D eigenvalue weighted by molar-refractivity contribution is 5.87. The third-order valence-electron chi connectivity index (χ3n) is 5.85. The molecular weight excluding hydrogens is 382 g/mol. The van der Waals surface area contributed by atoms with Crippen LogP contribution in [0.3, 0.4) is 0 Å². The van der Waals surface area contributed by atoms with Gasteiger partial charge in [0.25, 0.3) is 0 Å². The van der Waals surface area contributed by atoms with Gasteiger partial charge in [-0.1, -0.05) is 41.6 Å². The molecule has 1 fully saturated rings. The highest BCUT2D eigenvalue weighted by atomic mass is 16.5. The SMILES string of the molecule is C[C@@H](C(=O)NCc1ccc2c(N)noc2c1)N1CC(c2ccccc2)CC1C(N)=O. The number of carbonyl (C=O) groups excluding carboxylic acids is 2. The van der Waals surface area contributed by atoms with Crippen LogP contribution in [-0.2, 0) is 16.1 Å². The van der Waals surface area contributed by atoms with Gasteiger partial charge >= 0.3 is 0 Å². The molecule has 0 saturated carbocycles. The molecule has 1 aliphatic rings. The number of hydrogen-bond acceptors (Lipinski definition) is 6. The fourth-order valence-electron chi connectivity index (χ4n) is 4.13. The van der Waals surface area contributed by atoms with Crippen molar-refractivity contribution in [2.75, 3.05) is 12.3 Å². The lowest BCUT2D eigenvalue weighted by Crippen LogP contribution is -2.51. The maximum atomic E-state index is 12.8. The van der Waals surface area contributed by atoms with Gasteiger partial charge in [-0.2, -0.15) is 0 Å². The minimum atomic E-state index is -0.485. The number of nitrogens with one attached hydrogen (secondary N) is 1. The number of anilines is 1. The molecule has 0 aliphatic carbocycles. The summed E-state index contributed by atoms with van der Waals surface area (Å²) in [4.78, 5) is 26.8. The van der Waals surface area contributed by atoms with Crippen LogP contribution >= 0.6 is 0 Å². The summed E-state index contributed by atoms with van der Waals surface area (Å²) < 4.78 is 5.17. The van der Waals surface area contributed by atoms with E-state index >= 15 is 0 Å². The molecule has 3 atom stereocenters. The van der Waals surface area contributed by atoms with Crippen molar-refractivity contribution in [3.05, 3.63) is 59.7 Å². The molecule has 4 rings (SSSR count). The normalized spacial score (nSPS) is 20.3. The number of hydrogen-bond donors (Lipinski definition) is 3. The van der Waals surface area contributed by atoms with Crippen molar-refractivity contribution in [1.82, 2.24) is 15.4 Å². The van der Waals surface area contributed by atoms with Crippen molar-refractivity contribution in [1.29, 1.82) is 0 Å². The second kappa shape index (κ2) is 8.16. The quantitative estimate of drug-likeness (QED) is 0.571. The molecule has 8 nitrogen and oxygen atoms in total. The molecule has 1 saturated heterocycles. The van der Waals surface area contributed by atoms with Crippen LogP contribution in [0.4, 0.5) is 5.82 Å². The fraction of sp³-hybridized carbons (Fsp3) is 0.318. The van der Waals surface area contributed by atoms with Crippen molar-refractivity contribution < 1.29 is 14.1 Å². The summed E-state index contributed by atoms with van der Waals surface area (Å²) in [7, 11) is 0. The molecule has 0 spiro atoms. The Hall–Kier alpha value is -3.39. The Morgan fingerprint density at radius 1 is 1.27 bits per heavy atom. The Kier molecular flexibility index (Phi) is 5.41. The highest BCUT2D eigenvalue weighted by Crippen LogP contribution is 2.33. The van der Waals surface area contributed by atoms with E-state index in [-0.39, 0.29) is 11.8 Å². The van der Waals surface area contributed by atoms with Crippen LogP contribution in [0.2, 0.25) is 0 Å². The molecule has 2 amide bonds. The number of primary amides is 1. The Morgan fingerprint density at radius 2 is 2.03 bits per heavy atom. The van der Waals surface area contributed by atoms with E-state index in [1.54, 1.807) is 13.0 Å². The maximum Gasteiger partial charge on any atom is 0.237 e. The number of amides is 2. The van der Waals surface area contributed by atoms with Gasteiger partial charge in [-0.15, -0.1) is 0 Å². The zero-order chi connectivity index (χ0) is 21.3. The number of benzene rings is 2. The molecule has 1 aromatic heterocycles. The molecule has 156 valence electrons. The molecule has 2 unspecified atom stereocenters. The molecule has 2 aromatic carbocycles. The van der Waals surface area contributed by atoms with E-state index in [1.165, 1.54) is 0 Å². The Morgan fingerprint density at radius 3 is 2.77 bits per heavy atom. The van der Waals surface area contributed by atoms with Gasteiger partial charge in [-0.05, 0) is 42.5 Å². The standard InChI is InChI=1S/C22H25N5O3/c1-13(22(29)25-11-14-7-8-17-19(9-14)30-26-20(17)23)27-12-16(10-18(27)21(24)28)15-5-3-2-4-6-15/h2-9,13,16,18H,10-12H2,1H3,(H2,23,26)(H2,24,28)(H,25,29)/t13-,16?,18?/m0/s1. The molecule has 2 heterocycles. The summed E-state index contributed by atoms with van der Waals surface area (Å²) in [6, 6.07) is 14.5. The van der Waals surface area contributed by atoms with E-state index in [4.69, 9.17) is 16.0 Å². The van der Waals surface area contributed by atoms with Crippen LogP contribution in [0.15, 0.2) is 53.1 Å². The molecule has 1 aliphatic heterocycles. The number of aromatic nitrogens is 1. The second-order valence-electron chi connectivity index (χ2n) is 7.75. The predicted octanol–water partition coefficient (Wildman–Crippen LogP) is 1.76. The predicted molar refractivity (Wildman–Crippen MR) is 113 cm³/mol. The second-order valence-corrected chi connectivity index (χ2v) is 7.75. The monoisotopic (exact) mass is 407 g/mol. The summed E-state index contributed by atoms with van der Waals surface area (Å²) in [5.74, 6) is -0.0550. The van der Waals surface area contributed by atoms with Gasteiger partial charge in [0.2, 0.25) is 11.8 Å². The van der Waals surface area contributed by atoms with Crippen LogP contribution in [0.25, 0.3) is 11.0 Å². The average molecular weight is 407 g/mol. The van der Waals surface area contributed by atoms with E-state index in [0.717, 1.165) is 16.5 Å². The van der Waals surface area contributed by atoms with Crippen molar-refractivity contribution in [3.63, 3.8) is 0 Å². The van der Waals surface area contributed by atoms with Crippen LogP contribution in [0, 0.1) is 0 Å². The Labute approximate surface area is 174 Å². The van der Waals surface area contributed by atoms with E-state index in [9.17, 15) is 9.59 Å². The highest BCUT2D eigenvalue weighted by Gasteiger charge is 2.40. The van der Waals surface area contributed by atoms with Gasteiger partial charge < -0.3 is 21.3 Å². The first kappa shape index (κ1) is 19.9. The lowest BCUT2D eigenvalue weighted by Gasteiger charge is -2.28. The summed E-state index contributed by atoms with van der Waals surface area (Å²) >= 11 is 0. The van der Waals surface area contributed by atoms with Crippen molar-refractivity contribution in [2.45, 2.75) is 37.9 Å². The number of nitrogens with two attached hydrogens (primary N) is 2. The third kappa shape index (κ3) is 3.86. The van der Waals surface area contributed by atoms with Gasteiger partial charge in [0.1, 0.15) is 0 Å². The fourth-order valence-corrected chi connectivity index (χ4v) is 4.13. The number of fused-ring (bicyclic) bond motifs is 1. The summed E-state index contributed by atoms with van der Waals surface area (Å²) in [5, 5.41) is 7.41. The topological polar surface area (TPSA) is 127 Å². The molecule has 3 aromatic rings. The zero-order valence-electron chi connectivity index (χ0n) is 16.7. The number of likely N-dealkylation sites (tertiary alicyclic amines) is 1. The van der Waals surface area contributed by atoms with E-state index in [2.05, 4.69) is 10.5 Å². The third-order valence-corrected chi connectivity index (χ3v) is 5.85. The van der Waals surface area contributed by atoms with Crippen molar-refractivity contribution in [2.24, 2.45) is 5.73 Å². The van der Waals surface area contributed by atoms with Gasteiger partial charge in [-0.25, -0.2) is 0 Å². The first-order valence-corrected chi connectivity index (χ1v) is 9.95. The van der Waals surface area contributed by atoms with Crippen LogP contribution in [0.5, 0.6) is 0 Å². The largest absolute Gasteiger partial charge is 0.380 e. The van der Waals surface area contributed by atoms with Crippen LogP contribution in [0.1, 0.15) is 30.4 Å². The Balaban J connectivity index is 1.43. The minimum absolute atomic E-state index is 0.160. The van der Waals surface area contributed by atoms with Crippen LogP contribution in [-0.4, -0.2) is 40.5 Å². The number of carbonyl (C=O) groups is 2. The lowest BCUT2D eigenvalue weighted by molar-refractivity contribution is -0.129. The van der Waals surface area contributed by atoms with Gasteiger partial charge in [0.05, 0.1) is 17.5 Å². The average Bonchev–Trinajstić information content (AvgIpc) is 3.36. The number of rotatable bonds is 6. The summed E-state index contributed by atoms with van der Waals surface area (Å²) in [5.41, 5.74) is 14.0. The zero-order valence-corrected chi connectivity index (χ0v) is 16.7. The summed E-state index contributed by atoms with van der Waals surface area (Å²) in [6.07, 6.45) is 0.612. The van der Waals surface area contributed by atoms with Crippen molar-refractivity contribution >= 4 is 28.6 Å². The molecule has 5 N–H and O–H groups in total. The smallest absolute Gasteiger partial charge is 0.237 e. The van der Waals surface area contributed by atoms with Crippen LogP contribution < -0.4 is 16.8 Å². The molecule has 8 heteroatoms. The first-order valence-electron chi connectivity index (χ1n) is 9.95. The van der Waals surface area contributed by atoms with E-state index < -0.39 is 18.0 Å². The van der Waals surface area contributed by atoms with Crippen molar-refractivity contribution in [3.8, 4) is 0 Å². The molecular formula is C22H25N5O3. The Bertz CT molecular complexity index is 1070. The number of nitrogens with zero attached hydrogens (tertiary/aromatic N) is 2. The van der Waals surface area contributed by atoms with Gasteiger partial charge in [-0.3, -0.25) is 14.5 Å². The molecule has 30 heavy (non-hydrogen) atoms. The summed E-state index contributed by atoms with van der Waals surface area (Å²) in [6.45, 7) is 2.74. The lowest BCUT2D eigenvalue weighted by atomic mass is 9.96. The van der Waals surface area contributed by atoms with E-state index in [0.29, 0.717) is 30.9 Å². The molecule has 0 radical (unpaired) electrons. The first-order chi connectivity index (χ1) is 14.4. The minimum Gasteiger partial charge on any atom is -0.380 e. The maximum absolute atomic E-state index is 12.8. The molecule has 0 bridgehead atoms. The van der Waals surface area contributed by atoms with Gasteiger partial charge in [0.15, 0.2) is 11.4 Å². The van der Waals surface area contributed by atoms with Gasteiger partial charge in [0, 0.05) is 13.1 Å².